The third-order valence-corrected chi connectivity index (χ3v) is 3.75. The van der Waals surface area contributed by atoms with Crippen molar-refractivity contribution in [3.05, 3.63) is 30.3 Å². The zero-order chi connectivity index (χ0) is 15.5. The number of methoxy groups -OCH3 is 2. The molecule has 0 aliphatic heterocycles. The molecule has 0 spiro atoms. The summed E-state index contributed by atoms with van der Waals surface area (Å²) < 4.78 is 37.7. The van der Waals surface area contributed by atoms with Crippen molar-refractivity contribution in [2.24, 2.45) is 4.36 Å². The van der Waals surface area contributed by atoms with E-state index in [1.54, 1.807) is 0 Å². The zero-order valence-electron chi connectivity index (χ0n) is 12.3. The summed E-state index contributed by atoms with van der Waals surface area (Å²) in [6.45, 7) is 0. The Kier molecular flexibility index (Phi) is 6.57. The number of nitrogen functional groups attached to an aromatic ring is 1. The molecule has 0 amide bonds. The summed E-state index contributed by atoms with van der Waals surface area (Å²) in [4.78, 5) is 7.71. The molecule has 0 aliphatic carbocycles. The average molecular weight is 332 g/mol. The van der Waals surface area contributed by atoms with Gasteiger partial charge >= 0.3 is 35.6 Å². The first-order chi connectivity index (χ1) is 9.94. The summed E-state index contributed by atoms with van der Waals surface area (Å²) in [5.74, 6) is 0.0589. The van der Waals surface area contributed by atoms with E-state index in [0.717, 1.165) is 0 Å². The largest absolute Gasteiger partial charge is 1.00 e. The minimum Gasteiger partial charge on any atom is -0.760 e. The maximum Gasteiger partial charge on any atom is 1.00 e. The quantitative estimate of drug-likeness (QED) is 0.526. The minimum atomic E-state index is -3.91. The van der Waals surface area contributed by atoms with Crippen LogP contribution in [0.3, 0.4) is 0 Å². The SMILES string of the molecule is COc1cc(N=S(=O)([O-])c2ccc(N)cc2)nc(OC)n1.[Na+]. The Balaban J connectivity index is 0.00000242. The number of anilines is 1. The number of hydrogen-bond acceptors (Lipinski definition) is 8. The minimum absolute atomic E-state index is 0. The smallest absolute Gasteiger partial charge is 0.760 e. The molecule has 0 fully saturated rings. The molecule has 2 aromatic rings. The number of rotatable bonds is 4. The molecule has 1 unspecified atom stereocenters. The van der Waals surface area contributed by atoms with Gasteiger partial charge in [-0.05, 0) is 24.3 Å². The van der Waals surface area contributed by atoms with Crippen molar-refractivity contribution in [3.8, 4) is 11.9 Å². The first-order valence-corrected chi connectivity index (χ1v) is 7.19. The van der Waals surface area contributed by atoms with Crippen LogP contribution < -0.4 is 44.8 Å². The van der Waals surface area contributed by atoms with E-state index in [4.69, 9.17) is 15.2 Å². The summed E-state index contributed by atoms with van der Waals surface area (Å²) in [5, 5.41) is 0. The van der Waals surface area contributed by atoms with Crippen molar-refractivity contribution in [2.75, 3.05) is 20.0 Å². The molecule has 8 nitrogen and oxygen atoms in total. The van der Waals surface area contributed by atoms with Crippen LogP contribution in [0.15, 0.2) is 39.6 Å². The number of nitrogens with two attached hydrogens (primary N) is 1. The second-order valence-electron chi connectivity index (χ2n) is 3.89. The maximum absolute atomic E-state index is 12.2. The molecule has 1 aromatic carbocycles. The van der Waals surface area contributed by atoms with Gasteiger partial charge in [-0.1, -0.05) is 0 Å². The van der Waals surface area contributed by atoms with E-state index in [1.165, 1.54) is 44.6 Å². The van der Waals surface area contributed by atoms with Crippen LogP contribution in [0, 0.1) is 0 Å². The molecule has 2 N–H and O–H groups in total. The van der Waals surface area contributed by atoms with Crippen LogP contribution in [-0.2, 0) is 10.0 Å². The predicted molar refractivity (Wildman–Crippen MR) is 75.3 cm³/mol. The standard InChI is InChI=1S/C12H14N4O4S.Na/c1-19-11-7-10(14-12(15-11)20-2)16-21(17,18)9-5-3-8(13)4-6-9;/h3-7H,13H2,1-2H3,(H,14,15,16,17,18);/q;+1/p-1. The molecule has 0 saturated carbocycles. The van der Waals surface area contributed by atoms with E-state index in [0.29, 0.717) is 5.69 Å². The molecule has 0 bridgehead atoms. The molecular formula is C12H13N4NaO4S. The molecule has 0 saturated heterocycles. The Morgan fingerprint density at radius 3 is 2.36 bits per heavy atom. The second-order valence-corrected chi connectivity index (χ2v) is 5.49. The van der Waals surface area contributed by atoms with Crippen LogP contribution in [0.4, 0.5) is 11.5 Å². The van der Waals surface area contributed by atoms with Gasteiger partial charge in [0.2, 0.25) is 5.88 Å². The molecule has 10 heteroatoms. The van der Waals surface area contributed by atoms with Crippen molar-refractivity contribution in [1.29, 1.82) is 0 Å². The van der Waals surface area contributed by atoms with Gasteiger partial charge in [-0.25, -0.2) is 0 Å². The molecular weight excluding hydrogens is 319 g/mol. The molecule has 112 valence electrons. The van der Waals surface area contributed by atoms with E-state index < -0.39 is 10.0 Å². The van der Waals surface area contributed by atoms with Crippen molar-refractivity contribution in [1.82, 2.24) is 9.97 Å². The van der Waals surface area contributed by atoms with E-state index >= 15 is 0 Å². The fourth-order valence-electron chi connectivity index (χ4n) is 1.45. The number of nitrogens with zero attached hydrogens (tertiary/aromatic N) is 3. The Morgan fingerprint density at radius 2 is 1.82 bits per heavy atom. The molecule has 1 aromatic heterocycles. The summed E-state index contributed by atoms with van der Waals surface area (Å²) in [7, 11) is -1.17. The molecule has 2 rings (SSSR count). The van der Waals surface area contributed by atoms with E-state index in [-0.39, 0.29) is 52.2 Å². The molecule has 1 heterocycles. The van der Waals surface area contributed by atoms with Gasteiger partial charge in [-0.3, -0.25) is 4.21 Å². The van der Waals surface area contributed by atoms with E-state index in [2.05, 4.69) is 14.3 Å². The fourth-order valence-corrected chi connectivity index (χ4v) is 2.38. The molecule has 0 aliphatic rings. The summed E-state index contributed by atoms with van der Waals surface area (Å²) in [6, 6.07) is 6.93. The monoisotopic (exact) mass is 332 g/mol. The second kappa shape index (κ2) is 7.75. The number of hydrogen-bond donors (Lipinski definition) is 1. The zero-order valence-corrected chi connectivity index (χ0v) is 15.2. The average Bonchev–Trinajstić information content (AvgIpc) is 2.46. The van der Waals surface area contributed by atoms with Gasteiger partial charge in [-0.15, -0.1) is 0 Å². The van der Waals surface area contributed by atoms with Gasteiger partial charge < -0.3 is 19.8 Å². The van der Waals surface area contributed by atoms with Crippen molar-refractivity contribution in [2.45, 2.75) is 4.90 Å². The van der Waals surface area contributed by atoms with Gasteiger partial charge in [0.25, 0.3) is 0 Å². The maximum atomic E-state index is 12.2. The van der Waals surface area contributed by atoms with Crippen LogP contribution in [-0.4, -0.2) is 32.9 Å². The molecule has 0 radical (unpaired) electrons. The van der Waals surface area contributed by atoms with Gasteiger partial charge in [0.05, 0.1) is 14.2 Å². The third-order valence-electron chi connectivity index (χ3n) is 2.45. The first kappa shape index (κ1) is 18.7. The topological polar surface area (TPSA) is 123 Å². The van der Waals surface area contributed by atoms with Crippen LogP contribution in [0.25, 0.3) is 0 Å². The Morgan fingerprint density at radius 1 is 1.18 bits per heavy atom. The Labute approximate surface area is 150 Å². The molecule has 1 atom stereocenters. The van der Waals surface area contributed by atoms with Crippen molar-refractivity contribution >= 4 is 21.5 Å². The fraction of sp³-hybridized carbons (Fsp3) is 0.167. The summed E-state index contributed by atoms with van der Waals surface area (Å²) in [6.07, 6.45) is 0. The number of ether oxygens (including phenoxy) is 2. The van der Waals surface area contributed by atoms with Gasteiger partial charge in [-0.2, -0.15) is 14.3 Å². The van der Waals surface area contributed by atoms with Crippen molar-refractivity contribution in [3.63, 3.8) is 0 Å². The van der Waals surface area contributed by atoms with Gasteiger partial charge in [0.1, 0.15) is 0 Å². The van der Waals surface area contributed by atoms with Crippen LogP contribution in [0.1, 0.15) is 0 Å². The summed E-state index contributed by atoms with van der Waals surface area (Å²) in [5.41, 5.74) is 5.98. The summed E-state index contributed by atoms with van der Waals surface area (Å²) >= 11 is 0. The Hall–Kier alpha value is -1.39. The normalized spacial score (nSPS) is 12.7. The first-order valence-electron chi connectivity index (χ1n) is 5.75. The van der Waals surface area contributed by atoms with Crippen molar-refractivity contribution < 1.29 is 47.8 Å². The van der Waals surface area contributed by atoms with Gasteiger partial charge in [0, 0.05) is 26.7 Å². The van der Waals surface area contributed by atoms with E-state index in [9.17, 15) is 8.76 Å². The molecule has 22 heavy (non-hydrogen) atoms. The third kappa shape index (κ3) is 4.55. The Bertz CT molecular complexity index is 738. The van der Waals surface area contributed by atoms with Gasteiger partial charge in [0.15, 0.2) is 5.82 Å². The number of benzene rings is 1. The van der Waals surface area contributed by atoms with Crippen LogP contribution in [0.2, 0.25) is 0 Å². The number of aromatic nitrogens is 2. The van der Waals surface area contributed by atoms with Crippen LogP contribution in [0.5, 0.6) is 11.9 Å². The predicted octanol–water partition coefficient (Wildman–Crippen LogP) is -1.63. The van der Waals surface area contributed by atoms with E-state index in [1.807, 2.05) is 0 Å². The van der Waals surface area contributed by atoms with Crippen LogP contribution >= 0.6 is 0 Å².